The highest BCUT2D eigenvalue weighted by molar-refractivity contribution is 6.04. The maximum atomic E-state index is 13.3. The quantitative estimate of drug-likeness (QED) is 0.280. The summed E-state index contributed by atoms with van der Waals surface area (Å²) in [4.78, 5) is 47.7. The number of benzene rings is 2. The Hall–Kier alpha value is -4.74. The number of carbonyl (C=O) groups is 3. The van der Waals surface area contributed by atoms with Gasteiger partial charge in [0.2, 0.25) is 5.91 Å². The number of ether oxygens (including phenoxy) is 3. The van der Waals surface area contributed by atoms with Crippen molar-refractivity contribution in [1.29, 1.82) is 0 Å². The molecule has 5 rings (SSSR count). The van der Waals surface area contributed by atoms with Crippen LogP contribution in [0.25, 0.3) is 0 Å². The maximum Gasteiger partial charge on any atom is 0.387 e. The zero-order valence-electron chi connectivity index (χ0n) is 25.4. The third-order valence-electron chi connectivity index (χ3n) is 7.89. The number of aromatic nitrogens is 1. The number of halogens is 2. The van der Waals surface area contributed by atoms with Crippen LogP contribution in [0.2, 0.25) is 0 Å². The van der Waals surface area contributed by atoms with E-state index in [0.717, 1.165) is 24.1 Å². The molecule has 0 N–H and O–H groups in total. The minimum atomic E-state index is -3.00. The third-order valence-corrected chi connectivity index (χ3v) is 7.89. The van der Waals surface area contributed by atoms with E-state index in [1.54, 1.807) is 31.3 Å². The van der Waals surface area contributed by atoms with E-state index in [1.807, 2.05) is 36.1 Å². The predicted molar refractivity (Wildman–Crippen MR) is 163 cm³/mol. The van der Waals surface area contributed by atoms with Crippen LogP contribution < -0.4 is 19.3 Å². The second-order valence-corrected chi connectivity index (χ2v) is 11.3. The standard InChI is InChI=1S/C33H36F2N4O6/c1-21-4-9-25(10-5-21)37(3)31(41)27-12-8-24(17-36-27)20-44-32(42)28-18-38(14-15-39(28)22(2)40)26-11-13-29(45-33(34)35)30(16-26)43-19-23-6-7-23/h4-5,8-13,16-17,23,28,33H,6-7,14-15,18-20H2,1-3H3. The first-order valence-corrected chi connectivity index (χ1v) is 14.8. The highest BCUT2D eigenvalue weighted by Gasteiger charge is 2.36. The number of aryl methyl sites for hydroxylation is 1. The van der Waals surface area contributed by atoms with Gasteiger partial charge in [-0.25, -0.2) is 4.79 Å². The first kappa shape index (κ1) is 31.7. The van der Waals surface area contributed by atoms with Gasteiger partial charge < -0.3 is 28.9 Å². The first-order valence-electron chi connectivity index (χ1n) is 14.8. The number of pyridine rings is 1. The lowest BCUT2D eigenvalue weighted by Gasteiger charge is -2.40. The highest BCUT2D eigenvalue weighted by atomic mass is 19.3. The summed E-state index contributed by atoms with van der Waals surface area (Å²) >= 11 is 0. The molecule has 1 atom stereocenters. The fourth-order valence-corrected chi connectivity index (χ4v) is 5.03. The monoisotopic (exact) mass is 622 g/mol. The SMILES string of the molecule is CC(=O)N1CCN(c2ccc(OC(F)F)c(OCC3CC3)c2)CC1C(=O)OCc1ccc(C(=O)N(C)c2ccc(C)cc2)nc1. The predicted octanol–water partition coefficient (Wildman–Crippen LogP) is 4.84. The van der Waals surface area contributed by atoms with Crippen LogP contribution in [-0.4, -0.2) is 73.6 Å². The first-order chi connectivity index (χ1) is 21.6. The lowest BCUT2D eigenvalue weighted by atomic mass is 10.1. The van der Waals surface area contributed by atoms with Crippen molar-refractivity contribution in [2.75, 3.05) is 43.1 Å². The molecule has 238 valence electrons. The van der Waals surface area contributed by atoms with Gasteiger partial charge in [0, 0.05) is 62.8 Å². The van der Waals surface area contributed by atoms with Crippen LogP contribution in [0.5, 0.6) is 11.5 Å². The molecule has 1 aromatic heterocycles. The Balaban J connectivity index is 1.23. The van der Waals surface area contributed by atoms with Gasteiger partial charge in [0.1, 0.15) is 18.3 Å². The number of rotatable bonds is 11. The third kappa shape index (κ3) is 8.05. The van der Waals surface area contributed by atoms with Gasteiger partial charge in [0.05, 0.1) is 6.61 Å². The van der Waals surface area contributed by atoms with Crippen molar-refractivity contribution >= 4 is 29.2 Å². The normalized spacial score (nSPS) is 16.4. The molecule has 3 aromatic rings. The molecule has 1 unspecified atom stereocenters. The van der Waals surface area contributed by atoms with E-state index in [0.29, 0.717) is 30.3 Å². The highest BCUT2D eigenvalue weighted by Crippen LogP contribution is 2.36. The molecule has 12 heteroatoms. The molecule has 0 spiro atoms. The van der Waals surface area contributed by atoms with E-state index in [4.69, 9.17) is 9.47 Å². The molecule has 2 amide bonds. The van der Waals surface area contributed by atoms with Crippen molar-refractivity contribution in [3.05, 3.63) is 77.6 Å². The average molecular weight is 623 g/mol. The second kappa shape index (κ2) is 13.9. The molecule has 1 saturated carbocycles. The molecular weight excluding hydrogens is 586 g/mol. The molecule has 2 aromatic carbocycles. The molecule has 1 aliphatic heterocycles. The maximum absolute atomic E-state index is 13.3. The zero-order chi connectivity index (χ0) is 32.1. The second-order valence-electron chi connectivity index (χ2n) is 11.3. The minimum Gasteiger partial charge on any atom is -0.489 e. The number of alkyl halides is 2. The number of piperazine rings is 1. The minimum absolute atomic E-state index is 0.0594. The van der Waals surface area contributed by atoms with Crippen LogP contribution >= 0.6 is 0 Å². The van der Waals surface area contributed by atoms with E-state index in [2.05, 4.69) is 9.72 Å². The Bertz CT molecular complexity index is 1510. The van der Waals surface area contributed by atoms with Crippen molar-refractivity contribution in [2.24, 2.45) is 5.92 Å². The summed E-state index contributed by atoms with van der Waals surface area (Å²) in [6.07, 6.45) is 3.54. The van der Waals surface area contributed by atoms with E-state index < -0.39 is 18.6 Å². The Kier molecular flexibility index (Phi) is 9.80. The lowest BCUT2D eigenvalue weighted by molar-refractivity contribution is -0.156. The summed E-state index contributed by atoms with van der Waals surface area (Å²) in [7, 11) is 1.67. The summed E-state index contributed by atoms with van der Waals surface area (Å²) in [5.41, 5.74) is 3.28. The van der Waals surface area contributed by atoms with E-state index in [9.17, 15) is 23.2 Å². The summed E-state index contributed by atoms with van der Waals surface area (Å²) in [5, 5.41) is 0. The molecular formula is C33H36F2N4O6. The van der Waals surface area contributed by atoms with Gasteiger partial charge in [-0.1, -0.05) is 23.8 Å². The molecule has 0 bridgehead atoms. The smallest absolute Gasteiger partial charge is 0.387 e. The molecule has 1 aliphatic carbocycles. The topological polar surface area (TPSA) is 102 Å². The van der Waals surface area contributed by atoms with Gasteiger partial charge in [-0.15, -0.1) is 0 Å². The Morgan fingerprint density at radius 2 is 1.78 bits per heavy atom. The van der Waals surface area contributed by atoms with Crippen LogP contribution in [-0.2, 0) is 20.9 Å². The molecule has 2 fully saturated rings. The zero-order valence-corrected chi connectivity index (χ0v) is 25.4. The molecule has 10 nitrogen and oxygen atoms in total. The van der Waals surface area contributed by atoms with Crippen molar-refractivity contribution < 1.29 is 37.4 Å². The van der Waals surface area contributed by atoms with Crippen LogP contribution in [0.1, 0.15) is 41.4 Å². The number of hydrogen-bond donors (Lipinski definition) is 0. The Morgan fingerprint density at radius 3 is 2.42 bits per heavy atom. The fraction of sp³-hybridized carbons (Fsp3) is 0.394. The molecule has 1 saturated heterocycles. The summed E-state index contributed by atoms with van der Waals surface area (Å²) in [6, 6.07) is 14.6. The van der Waals surface area contributed by atoms with E-state index in [1.165, 1.54) is 29.0 Å². The largest absolute Gasteiger partial charge is 0.489 e. The van der Waals surface area contributed by atoms with Gasteiger partial charge in [-0.3, -0.25) is 14.6 Å². The Morgan fingerprint density at radius 1 is 1.02 bits per heavy atom. The van der Waals surface area contributed by atoms with Crippen LogP contribution in [0.3, 0.4) is 0 Å². The number of nitrogens with zero attached hydrogens (tertiary/aromatic N) is 4. The van der Waals surface area contributed by atoms with E-state index in [-0.39, 0.29) is 48.7 Å². The van der Waals surface area contributed by atoms with Gasteiger partial charge in [0.15, 0.2) is 11.5 Å². The van der Waals surface area contributed by atoms with Crippen molar-refractivity contribution in [2.45, 2.75) is 45.9 Å². The van der Waals surface area contributed by atoms with Crippen molar-refractivity contribution in [3.8, 4) is 11.5 Å². The number of amides is 2. The van der Waals surface area contributed by atoms with Crippen molar-refractivity contribution in [1.82, 2.24) is 9.88 Å². The van der Waals surface area contributed by atoms with Crippen LogP contribution in [0, 0.1) is 12.8 Å². The fourth-order valence-electron chi connectivity index (χ4n) is 5.03. The van der Waals surface area contributed by atoms with E-state index >= 15 is 0 Å². The molecule has 2 aliphatic rings. The lowest BCUT2D eigenvalue weighted by Crippen LogP contribution is -2.58. The van der Waals surface area contributed by atoms with Crippen molar-refractivity contribution in [3.63, 3.8) is 0 Å². The summed E-state index contributed by atoms with van der Waals surface area (Å²) in [6.45, 7) is 1.47. The molecule has 2 heterocycles. The summed E-state index contributed by atoms with van der Waals surface area (Å²) < 4.78 is 42.0. The molecule has 45 heavy (non-hydrogen) atoms. The van der Waals surface area contributed by atoms with Crippen LogP contribution in [0.4, 0.5) is 20.2 Å². The number of hydrogen-bond acceptors (Lipinski definition) is 8. The summed E-state index contributed by atoms with van der Waals surface area (Å²) in [5.74, 6) is -0.608. The number of carbonyl (C=O) groups excluding carboxylic acids is 3. The van der Waals surface area contributed by atoms with Crippen LogP contribution in [0.15, 0.2) is 60.8 Å². The van der Waals surface area contributed by atoms with Gasteiger partial charge >= 0.3 is 12.6 Å². The molecule has 0 radical (unpaired) electrons. The number of esters is 1. The van der Waals surface area contributed by atoms with Gasteiger partial charge in [-0.2, -0.15) is 8.78 Å². The van der Waals surface area contributed by atoms with Gasteiger partial charge in [-0.05, 0) is 56.0 Å². The number of anilines is 2. The average Bonchev–Trinajstić information content (AvgIpc) is 3.87. The Labute approximate surface area is 260 Å². The van der Waals surface area contributed by atoms with Gasteiger partial charge in [0.25, 0.3) is 5.91 Å².